The molecular weight excluding hydrogens is 475 g/mol. The summed E-state index contributed by atoms with van der Waals surface area (Å²) in [5.41, 5.74) is 5.54. The lowest BCUT2D eigenvalue weighted by Gasteiger charge is -2.16. The minimum absolute atomic E-state index is 0.152. The smallest absolute Gasteiger partial charge is 0.335 e. The Labute approximate surface area is 224 Å². The Morgan fingerprint density at radius 1 is 1.00 bits per heavy atom. The van der Waals surface area contributed by atoms with Crippen LogP contribution in [-0.4, -0.2) is 24.1 Å². The van der Waals surface area contributed by atoms with Gasteiger partial charge < -0.3 is 9.52 Å². The number of carbonyl (C=O) groups is 2. The molecule has 4 rings (SSSR count). The van der Waals surface area contributed by atoms with E-state index in [9.17, 15) is 19.5 Å². The summed E-state index contributed by atoms with van der Waals surface area (Å²) in [7, 11) is 1.88. The molecule has 0 bridgehead atoms. The average Bonchev–Trinajstić information content (AvgIpc) is 2.91. The molecule has 38 heavy (non-hydrogen) atoms. The monoisotopic (exact) mass is 509 g/mol. The van der Waals surface area contributed by atoms with Gasteiger partial charge in [0.05, 0.1) is 10.9 Å². The lowest BCUT2D eigenvalue weighted by Crippen LogP contribution is -2.26. The Hall–Kier alpha value is -3.93. The normalized spacial score (nSPS) is 11.4. The minimum Gasteiger partial charge on any atom is -0.478 e. The van der Waals surface area contributed by atoms with E-state index in [1.54, 1.807) is 24.3 Å². The molecule has 195 valence electrons. The molecule has 0 aliphatic heterocycles. The number of aryl methyl sites for hydroxylation is 2. The van der Waals surface area contributed by atoms with Crippen LogP contribution >= 0.6 is 0 Å². The first-order valence-corrected chi connectivity index (χ1v) is 13.0. The highest BCUT2D eigenvalue weighted by atomic mass is 16.4. The number of hydrogen-bond donors (Lipinski definition) is 1. The molecule has 0 aliphatic rings. The van der Waals surface area contributed by atoms with Gasteiger partial charge >= 0.3 is 5.97 Å². The average molecular weight is 509 g/mol. The second-order valence-electron chi connectivity index (χ2n) is 9.26. The maximum Gasteiger partial charge on any atom is 0.335 e. The molecular formula is C32H34BO5. The van der Waals surface area contributed by atoms with Gasteiger partial charge in [0.25, 0.3) is 0 Å². The van der Waals surface area contributed by atoms with E-state index >= 15 is 0 Å². The molecule has 3 aromatic carbocycles. The van der Waals surface area contributed by atoms with Gasteiger partial charge in [-0.3, -0.25) is 9.59 Å². The van der Waals surface area contributed by atoms with Gasteiger partial charge in [-0.1, -0.05) is 69.6 Å². The molecule has 1 unspecified atom stereocenters. The number of rotatable bonds is 8. The number of carboxylic acids is 1. The number of Topliss-reactive ketones (excluding diaryl/α,β-unsaturated/α-hetero) is 1. The van der Waals surface area contributed by atoms with Gasteiger partial charge in [-0.2, -0.15) is 0 Å². The zero-order valence-electron chi connectivity index (χ0n) is 22.9. The first-order chi connectivity index (χ1) is 18.2. The van der Waals surface area contributed by atoms with Gasteiger partial charge in [-0.15, -0.1) is 0 Å². The van der Waals surface area contributed by atoms with Crippen LogP contribution in [0, 0.1) is 13.8 Å². The number of carboxylic acid groups (broad SMARTS) is 1. The zero-order valence-corrected chi connectivity index (χ0v) is 22.9. The molecule has 6 heteroatoms. The van der Waals surface area contributed by atoms with Gasteiger partial charge in [0.2, 0.25) is 0 Å². The zero-order chi connectivity index (χ0) is 28.0. The summed E-state index contributed by atoms with van der Waals surface area (Å²) in [5, 5.41) is 10.1. The van der Waals surface area contributed by atoms with Crippen LogP contribution in [0.15, 0.2) is 69.9 Å². The van der Waals surface area contributed by atoms with Gasteiger partial charge in [-0.05, 0) is 60.1 Å². The first kappa shape index (κ1) is 28.6. The van der Waals surface area contributed by atoms with E-state index in [1.807, 2.05) is 79.2 Å². The molecule has 1 aromatic heterocycles. The van der Waals surface area contributed by atoms with Gasteiger partial charge in [0.1, 0.15) is 17.1 Å². The van der Waals surface area contributed by atoms with Gasteiger partial charge in [0.15, 0.2) is 12.7 Å². The van der Waals surface area contributed by atoms with Crippen LogP contribution in [-0.2, 0) is 11.2 Å². The lowest BCUT2D eigenvalue weighted by molar-refractivity contribution is -0.118. The van der Waals surface area contributed by atoms with E-state index in [2.05, 4.69) is 0 Å². The van der Waals surface area contributed by atoms with Crippen LogP contribution < -0.4 is 10.9 Å². The van der Waals surface area contributed by atoms with E-state index in [-0.39, 0.29) is 22.6 Å². The van der Waals surface area contributed by atoms with Crippen molar-refractivity contribution in [3.63, 3.8) is 0 Å². The van der Waals surface area contributed by atoms with Crippen molar-refractivity contribution >= 4 is 35.5 Å². The fourth-order valence-electron chi connectivity index (χ4n) is 4.46. The predicted molar refractivity (Wildman–Crippen MR) is 155 cm³/mol. The first-order valence-electron chi connectivity index (χ1n) is 13.0. The Morgan fingerprint density at radius 3 is 2.39 bits per heavy atom. The van der Waals surface area contributed by atoms with E-state index in [4.69, 9.17) is 4.42 Å². The SMILES string of the molecule is CC.CCC(=O)Cc1cc(-c2cc(=O)c3cc(C)cc(C(C)[B]c4ccccc4C(=O)O)c3o2)ccc1C. The Balaban J connectivity index is 0.00000195. The van der Waals surface area contributed by atoms with Gasteiger partial charge in [-0.25, -0.2) is 4.79 Å². The molecule has 1 atom stereocenters. The molecule has 1 N–H and O–H groups in total. The third-order valence-electron chi connectivity index (χ3n) is 6.53. The summed E-state index contributed by atoms with van der Waals surface area (Å²) in [5.74, 6) is -0.629. The quantitative estimate of drug-likeness (QED) is 0.277. The molecule has 0 amide bonds. The second kappa shape index (κ2) is 12.5. The van der Waals surface area contributed by atoms with Crippen LogP contribution in [0.2, 0.25) is 0 Å². The number of aromatic carboxylic acids is 1. The molecule has 0 aliphatic carbocycles. The van der Waals surface area contributed by atoms with Crippen molar-refractivity contribution < 1.29 is 19.1 Å². The molecule has 0 fully saturated rings. The fraction of sp³-hybridized carbons (Fsp3) is 0.281. The Bertz CT molecular complexity index is 1530. The summed E-state index contributed by atoms with van der Waals surface area (Å²) in [6, 6.07) is 17.9. The van der Waals surface area contributed by atoms with E-state index in [0.29, 0.717) is 35.0 Å². The molecule has 0 saturated heterocycles. The van der Waals surface area contributed by atoms with Crippen LogP contribution in [0.5, 0.6) is 0 Å². The number of fused-ring (bicyclic) bond motifs is 1. The van der Waals surface area contributed by atoms with E-state index in [1.165, 1.54) is 6.07 Å². The van der Waals surface area contributed by atoms with Crippen LogP contribution in [0.3, 0.4) is 0 Å². The summed E-state index contributed by atoms with van der Waals surface area (Å²) in [6.45, 7) is 11.7. The second-order valence-corrected chi connectivity index (χ2v) is 9.26. The highest BCUT2D eigenvalue weighted by Gasteiger charge is 2.20. The minimum atomic E-state index is -0.992. The third kappa shape index (κ3) is 6.31. The molecule has 4 aromatic rings. The molecule has 5 nitrogen and oxygen atoms in total. The van der Waals surface area contributed by atoms with Crippen LogP contribution in [0.25, 0.3) is 22.3 Å². The molecule has 0 spiro atoms. The number of carbonyl (C=O) groups excluding carboxylic acids is 1. The molecule has 0 saturated carbocycles. The molecule has 1 radical (unpaired) electrons. The van der Waals surface area contributed by atoms with Crippen molar-refractivity contribution in [3.8, 4) is 11.3 Å². The van der Waals surface area contributed by atoms with E-state index < -0.39 is 5.97 Å². The third-order valence-corrected chi connectivity index (χ3v) is 6.53. The summed E-state index contributed by atoms with van der Waals surface area (Å²) < 4.78 is 6.36. The van der Waals surface area contributed by atoms with Gasteiger partial charge in [0, 0.05) is 24.5 Å². The standard InChI is InChI=1S/C30H28BO5.C2H6/c1-5-22(32)15-21-14-20(11-10-18(21)3)28-16-27(33)25-13-17(2)12-24(29(25)36-28)19(4)31-26-9-7-6-8-23(26)30(34)35;1-2/h6-14,16,19H,5,15H2,1-4H3,(H,34,35);1-2H3. The summed E-state index contributed by atoms with van der Waals surface area (Å²) >= 11 is 0. The van der Waals surface area contributed by atoms with Crippen molar-refractivity contribution in [2.24, 2.45) is 0 Å². The summed E-state index contributed by atoms with van der Waals surface area (Å²) in [4.78, 5) is 36.9. The number of ketones is 1. The summed E-state index contributed by atoms with van der Waals surface area (Å²) in [6.07, 6.45) is 0.810. The van der Waals surface area contributed by atoms with E-state index in [0.717, 1.165) is 27.8 Å². The number of benzene rings is 3. The highest BCUT2D eigenvalue weighted by Crippen LogP contribution is 2.30. The Kier molecular flexibility index (Phi) is 9.46. The maximum absolute atomic E-state index is 13.2. The highest BCUT2D eigenvalue weighted by molar-refractivity contribution is 6.57. The van der Waals surface area contributed by atoms with Crippen molar-refractivity contribution in [2.45, 2.75) is 60.2 Å². The topological polar surface area (TPSA) is 84.6 Å². The van der Waals surface area contributed by atoms with Crippen molar-refractivity contribution in [1.82, 2.24) is 0 Å². The van der Waals surface area contributed by atoms with Crippen LogP contribution in [0.4, 0.5) is 0 Å². The molecule has 1 heterocycles. The van der Waals surface area contributed by atoms with Crippen molar-refractivity contribution in [1.29, 1.82) is 0 Å². The largest absolute Gasteiger partial charge is 0.478 e. The van der Waals surface area contributed by atoms with Crippen molar-refractivity contribution in [2.75, 3.05) is 0 Å². The van der Waals surface area contributed by atoms with Crippen LogP contribution in [0.1, 0.15) is 72.5 Å². The fourth-order valence-corrected chi connectivity index (χ4v) is 4.46. The maximum atomic E-state index is 13.2. The predicted octanol–water partition coefficient (Wildman–Crippen LogP) is 6.41. The Morgan fingerprint density at radius 2 is 1.71 bits per heavy atom. The van der Waals surface area contributed by atoms with Crippen molar-refractivity contribution in [3.05, 3.63) is 98.7 Å². The lowest BCUT2D eigenvalue weighted by atomic mass is 9.56. The number of hydrogen-bond acceptors (Lipinski definition) is 4.